The van der Waals surface area contributed by atoms with Crippen molar-refractivity contribution in [3.63, 3.8) is 0 Å². The minimum atomic E-state index is -0.423. The molecule has 0 heterocycles. The molecule has 17 heavy (non-hydrogen) atoms. The van der Waals surface area contributed by atoms with E-state index < -0.39 is 6.04 Å². The normalized spacial score (nSPS) is 12.2. The van der Waals surface area contributed by atoms with Gasteiger partial charge in [-0.1, -0.05) is 36.2 Å². The number of anilines is 1. The number of hydrogen-bond acceptors (Lipinski definition) is 2. The molecular weight excluding hydrogens is 280 g/mol. The summed E-state index contributed by atoms with van der Waals surface area (Å²) in [5.74, 6) is -0.108. The molecule has 94 valence electrons. The van der Waals surface area contributed by atoms with E-state index in [1.165, 1.54) is 0 Å². The minimum Gasteiger partial charge on any atom is -0.324 e. The molecule has 0 aliphatic heterocycles. The molecule has 1 rings (SSSR count). The lowest BCUT2D eigenvalue weighted by Crippen LogP contribution is -2.35. The number of rotatable bonds is 5. The highest BCUT2D eigenvalue weighted by Gasteiger charge is 2.13. The van der Waals surface area contributed by atoms with Crippen LogP contribution in [0.15, 0.2) is 22.7 Å². The molecule has 0 aromatic heterocycles. The summed E-state index contributed by atoms with van der Waals surface area (Å²) in [5.41, 5.74) is 7.74. The van der Waals surface area contributed by atoms with Crippen molar-refractivity contribution >= 4 is 27.5 Å². The van der Waals surface area contributed by atoms with E-state index in [0.717, 1.165) is 28.6 Å². The summed E-state index contributed by atoms with van der Waals surface area (Å²) >= 11 is 3.42. The van der Waals surface area contributed by atoms with Crippen molar-refractivity contribution in [2.45, 2.75) is 39.2 Å². The second-order valence-electron chi connectivity index (χ2n) is 4.04. The highest BCUT2D eigenvalue weighted by atomic mass is 79.9. The van der Waals surface area contributed by atoms with Crippen molar-refractivity contribution < 1.29 is 4.79 Å². The van der Waals surface area contributed by atoms with Gasteiger partial charge in [-0.05, 0) is 36.6 Å². The van der Waals surface area contributed by atoms with Gasteiger partial charge in [-0.3, -0.25) is 4.79 Å². The Morgan fingerprint density at radius 3 is 2.76 bits per heavy atom. The second-order valence-corrected chi connectivity index (χ2v) is 4.96. The van der Waals surface area contributed by atoms with E-state index in [4.69, 9.17) is 5.73 Å². The Balaban J connectivity index is 2.77. The summed E-state index contributed by atoms with van der Waals surface area (Å²) in [6, 6.07) is 5.41. The summed E-state index contributed by atoms with van der Waals surface area (Å²) in [6.07, 6.45) is 2.50. The number of benzene rings is 1. The van der Waals surface area contributed by atoms with Gasteiger partial charge in [0.1, 0.15) is 0 Å². The number of amides is 1. The molecule has 1 aromatic rings. The molecule has 0 saturated carbocycles. The maximum Gasteiger partial charge on any atom is 0.241 e. The predicted octanol–water partition coefficient (Wildman–Crippen LogP) is 3.08. The number of carbonyl (C=O) groups excluding carboxylic acids is 1. The predicted molar refractivity (Wildman–Crippen MR) is 75.0 cm³/mol. The SMILES string of the molecule is CCC[C@@H](N)C(=O)Nc1ccc(Br)cc1CC. The van der Waals surface area contributed by atoms with Crippen LogP contribution >= 0.6 is 15.9 Å². The van der Waals surface area contributed by atoms with E-state index in [-0.39, 0.29) is 5.91 Å². The van der Waals surface area contributed by atoms with E-state index in [2.05, 4.69) is 28.2 Å². The van der Waals surface area contributed by atoms with E-state index in [9.17, 15) is 4.79 Å². The van der Waals surface area contributed by atoms with Crippen molar-refractivity contribution in [1.29, 1.82) is 0 Å². The van der Waals surface area contributed by atoms with Crippen LogP contribution in [0, 0.1) is 0 Å². The number of halogens is 1. The van der Waals surface area contributed by atoms with Crippen LogP contribution in [0.2, 0.25) is 0 Å². The van der Waals surface area contributed by atoms with Gasteiger partial charge in [0.2, 0.25) is 5.91 Å². The van der Waals surface area contributed by atoms with Crippen LogP contribution in [0.1, 0.15) is 32.3 Å². The molecule has 3 N–H and O–H groups in total. The third kappa shape index (κ3) is 4.13. The van der Waals surface area contributed by atoms with Gasteiger partial charge < -0.3 is 11.1 Å². The molecule has 3 nitrogen and oxygen atoms in total. The number of nitrogens with one attached hydrogen (secondary N) is 1. The first-order chi connectivity index (χ1) is 8.08. The Morgan fingerprint density at radius 2 is 2.18 bits per heavy atom. The standard InChI is InChI=1S/C13H19BrN2O/c1-3-5-11(15)13(17)16-12-7-6-10(14)8-9(12)4-2/h6-8,11H,3-5,15H2,1-2H3,(H,16,17)/t11-/m1/s1. The number of aryl methyl sites for hydroxylation is 1. The van der Waals surface area contributed by atoms with Gasteiger partial charge >= 0.3 is 0 Å². The molecule has 0 bridgehead atoms. The zero-order valence-electron chi connectivity index (χ0n) is 10.3. The molecule has 0 saturated heterocycles. The Labute approximate surface area is 111 Å². The lowest BCUT2D eigenvalue weighted by atomic mass is 10.1. The van der Waals surface area contributed by atoms with E-state index in [0.29, 0.717) is 6.42 Å². The Kier molecular flexibility index (Phi) is 5.65. The smallest absolute Gasteiger partial charge is 0.241 e. The van der Waals surface area contributed by atoms with Crippen LogP contribution in [0.3, 0.4) is 0 Å². The molecular formula is C13H19BrN2O. The largest absolute Gasteiger partial charge is 0.324 e. The van der Waals surface area contributed by atoms with Crippen molar-refractivity contribution in [1.82, 2.24) is 0 Å². The van der Waals surface area contributed by atoms with Crippen LogP contribution in [0.4, 0.5) is 5.69 Å². The lowest BCUT2D eigenvalue weighted by Gasteiger charge is -2.14. The first kappa shape index (κ1) is 14.2. The van der Waals surface area contributed by atoms with Crippen molar-refractivity contribution in [3.05, 3.63) is 28.2 Å². The van der Waals surface area contributed by atoms with Crippen LogP contribution in [-0.4, -0.2) is 11.9 Å². The molecule has 0 spiro atoms. The van der Waals surface area contributed by atoms with Gasteiger partial charge in [0.05, 0.1) is 6.04 Å². The molecule has 0 radical (unpaired) electrons. The first-order valence-corrected chi connectivity index (χ1v) is 6.72. The minimum absolute atomic E-state index is 0.108. The topological polar surface area (TPSA) is 55.1 Å². The highest BCUT2D eigenvalue weighted by molar-refractivity contribution is 9.10. The fraction of sp³-hybridized carbons (Fsp3) is 0.462. The first-order valence-electron chi connectivity index (χ1n) is 5.93. The average Bonchev–Trinajstić information content (AvgIpc) is 2.31. The molecule has 0 aliphatic carbocycles. The fourth-order valence-electron chi connectivity index (χ4n) is 1.64. The summed E-state index contributed by atoms with van der Waals surface area (Å²) in [6.45, 7) is 4.08. The third-order valence-corrected chi connectivity index (χ3v) is 3.14. The lowest BCUT2D eigenvalue weighted by molar-refractivity contribution is -0.117. The summed E-state index contributed by atoms with van der Waals surface area (Å²) in [7, 11) is 0. The molecule has 1 atom stereocenters. The maximum absolute atomic E-state index is 11.8. The molecule has 0 unspecified atom stereocenters. The maximum atomic E-state index is 11.8. The summed E-state index contributed by atoms with van der Waals surface area (Å²) in [5, 5.41) is 2.89. The highest BCUT2D eigenvalue weighted by Crippen LogP contribution is 2.21. The molecule has 1 amide bonds. The Morgan fingerprint density at radius 1 is 1.47 bits per heavy atom. The summed E-state index contributed by atoms with van der Waals surface area (Å²) in [4.78, 5) is 11.8. The van der Waals surface area contributed by atoms with Crippen molar-refractivity contribution in [2.24, 2.45) is 5.73 Å². The zero-order valence-corrected chi connectivity index (χ0v) is 11.9. The molecule has 0 fully saturated rings. The fourth-order valence-corrected chi connectivity index (χ4v) is 2.05. The van der Waals surface area contributed by atoms with Gasteiger partial charge in [0.15, 0.2) is 0 Å². The van der Waals surface area contributed by atoms with Crippen LogP contribution in [0.25, 0.3) is 0 Å². The third-order valence-electron chi connectivity index (χ3n) is 2.64. The summed E-state index contributed by atoms with van der Waals surface area (Å²) < 4.78 is 1.02. The zero-order chi connectivity index (χ0) is 12.8. The van der Waals surface area contributed by atoms with Crippen LogP contribution < -0.4 is 11.1 Å². The quantitative estimate of drug-likeness (QED) is 0.878. The Hall–Kier alpha value is -0.870. The second kappa shape index (κ2) is 6.77. The van der Waals surface area contributed by atoms with Crippen molar-refractivity contribution in [2.75, 3.05) is 5.32 Å². The van der Waals surface area contributed by atoms with Gasteiger partial charge in [-0.25, -0.2) is 0 Å². The monoisotopic (exact) mass is 298 g/mol. The van der Waals surface area contributed by atoms with Crippen molar-refractivity contribution in [3.8, 4) is 0 Å². The number of nitrogens with two attached hydrogens (primary N) is 1. The van der Waals surface area contributed by atoms with Gasteiger partial charge in [-0.15, -0.1) is 0 Å². The molecule has 0 aliphatic rings. The number of hydrogen-bond donors (Lipinski definition) is 2. The van der Waals surface area contributed by atoms with E-state index in [1.54, 1.807) is 0 Å². The van der Waals surface area contributed by atoms with Gasteiger partial charge in [0.25, 0.3) is 0 Å². The molecule has 4 heteroatoms. The van der Waals surface area contributed by atoms with Gasteiger partial charge in [-0.2, -0.15) is 0 Å². The molecule has 1 aromatic carbocycles. The van der Waals surface area contributed by atoms with Gasteiger partial charge in [0, 0.05) is 10.2 Å². The Bertz CT molecular complexity index is 393. The average molecular weight is 299 g/mol. The van der Waals surface area contributed by atoms with Crippen LogP contribution in [0.5, 0.6) is 0 Å². The van der Waals surface area contributed by atoms with E-state index in [1.807, 2.05) is 25.1 Å². The van der Waals surface area contributed by atoms with E-state index >= 15 is 0 Å². The number of carbonyl (C=O) groups is 1. The van der Waals surface area contributed by atoms with Crippen LogP contribution in [-0.2, 0) is 11.2 Å².